The molecule has 0 aromatic heterocycles. The molecule has 4 heteroatoms. The lowest BCUT2D eigenvalue weighted by molar-refractivity contribution is 0.123. The van der Waals surface area contributed by atoms with Gasteiger partial charge in [0.15, 0.2) is 0 Å². The first-order chi connectivity index (χ1) is 9.63. The molecule has 1 aliphatic rings. The van der Waals surface area contributed by atoms with Crippen LogP contribution in [-0.2, 0) is 0 Å². The number of benzene rings is 1. The summed E-state index contributed by atoms with van der Waals surface area (Å²) in [5, 5.41) is 3.83. The van der Waals surface area contributed by atoms with E-state index < -0.39 is 0 Å². The molecular weight excluding hydrogens is 275 g/mol. The Morgan fingerprint density at radius 3 is 2.65 bits per heavy atom. The van der Waals surface area contributed by atoms with E-state index in [0.717, 1.165) is 44.6 Å². The van der Waals surface area contributed by atoms with Crippen molar-refractivity contribution in [3.05, 3.63) is 34.6 Å². The lowest BCUT2D eigenvalue weighted by atomic mass is 9.89. The number of halogens is 2. The second kappa shape index (κ2) is 7.39. The predicted molar refractivity (Wildman–Crippen MR) is 82.7 cm³/mol. The van der Waals surface area contributed by atoms with E-state index in [4.69, 9.17) is 11.6 Å². The highest BCUT2D eigenvalue weighted by Crippen LogP contribution is 2.34. The molecule has 1 fully saturated rings. The molecule has 1 heterocycles. The SMILES string of the molecule is CCCC(C)[C@H](c1ccc(Cl)cc1F)N1CCNCC1. The van der Waals surface area contributed by atoms with Crippen LogP contribution in [0.15, 0.2) is 18.2 Å². The molecule has 20 heavy (non-hydrogen) atoms. The third-order valence-electron chi connectivity index (χ3n) is 4.11. The van der Waals surface area contributed by atoms with Crippen molar-refractivity contribution in [2.24, 2.45) is 5.92 Å². The highest BCUT2D eigenvalue weighted by Gasteiger charge is 2.28. The number of hydrogen-bond acceptors (Lipinski definition) is 2. The summed E-state index contributed by atoms with van der Waals surface area (Å²) in [5.41, 5.74) is 0.789. The molecule has 0 radical (unpaired) electrons. The van der Waals surface area contributed by atoms with Gasteiger partial charge < -0.3 is 5.32 Å². The fourth-order valence-corrected chi connectivity index (χ4v) is 3.34. The predicted octanol–water partition coefficient (Wildman–Crippen LogP) is 3.86. The molecule has 1 aromatic rings. The van der Waals surface area contributed by atoms with Crippen molar-refractivity contribution < 1.29 is 4.39 Å². The van der Waals surface area contributed by atoms with Crippen LogP contribution in [0.1, 0.15) is 38.3 Å². The molecule has 0 saturated carbocycles. The number of piperazine rings is 1. The van der Waals surface area contributed by atoms with Gasteiger partial charge in [-0.15, -0.1) is 0 Å². The van der Waals surface area contributed by atoms with E-state index in [0.29, 0.717) is 10.9 Å². The van der Waals surface area contributed by atoms with Crippen molar-refractivity contribution in [2.45, 2.75) is 32.7 Å². The first-order valence-electron chi connectivity index (χ1n) is 7.53. The van der Waals surface area contributed by atoms with Gasteiger partial charge in [0.1, 0.15) is 5.82 Å². The maximum Gasteiger partial charge on any atom is 0.129 e. The Labute approximate surface area is 126 Å². The van der Waals surface area contributed by atoms with Crippen molar-refractivity contribution in [1.82, 2.24) is 10.2 Å². The van der Waals surface area contributed by atoms with Gasteiger partial charge in [0.25, 0.3) is 0 Å². The summed E-state index contributed by atoms with van der Waals surface area (Å²) in [6.07, 6.45) is 2.23. The van der Waals surface area contributed by atoms with Crippen LogP contribution in [0.25, 0.3) is 0 Å². The lowest BCUT2D eigenvalue weighted by Crippen LogP contribution is -2.46. The van der Waals surface area contributed by atoms with Gasteiger partial charge in [0.2, 0.25) is 0 Å². The minimum atomic E-state index is -0.177. The molecular formula is C16H24ClFN2. The summed E-state index contributed by atoms with van der Waals surface area (Å²) < 4.78 is 14.3. The van der Waals surface area contributed by atoms with E-state index in [2.05, 4.69) is 24.1 Å². The van der Waals surface area contributed by atoms with Crippen LogP contribution in [0.2, 0.25) is 5.02 Å². The summed E-state index contributed by atoms with van der Waals surface area (Å²) >= 11 is 5.88. The smallest absolute Gasteiger partial charge is 0.129 e. The zero-order valence-corrected chi connectivity index (χ0v) is 13.1. The normalized spacial score (nSPS) is 19.8. The average Bonchev–Trinajstić information content (AvgIpc) is 2.43. The Morgan fingerprint density at radius 1 is 1.35 bits per heavy atom. The minimum absolute atomic E-state index is 0.148. The summed E-state index contributed by atoms with van der Waals surface area (Å²) in [7, 11) is 0. The summed E-state index contributed by atoms with van der Waals surface area (Å²) in [6.45, 7) is 8.31. The van der Waals surface area contributed by atoms with E-state index in [1.807, 2.05) is 6.07 Å². The van der Waals surface area contributed by atoms with Gasteiger partial charge in [-0.3, -0.25) is 4.90 Å². The fraction of sp³-hybridized carbons (Fsp3) is 0.625. The van der Waals surface area contributed by atoms with Crippen LogP contribution in [0.4, 0.5) is 4.39 Å². The molecule has 1 aromatic carbocycles. The van der Waals surface area contributed by atoms with Gasteiger partial charge in [-0.1, -0.05) is 37.9 Å². The standard InChI is InChI=1S/C16H24ClFN2/c1-3-4-12(2)16(20-9-7-19-8-10-20)14-6-5-13(17)11-15(14)18/h5-6,11-12,16,19H,3-4,7-10H2,1-2H3/t12?,16-/m1/s1. The van der Waals surface area contributed by atoms with Crippen molar-refractivity contribution >= 4 is 11.6 Å². The van der Waals surface area contributed by atoms with E-state index in [1.54, 1.807) is 6.07 Å². The van der Waals surface area contributed by atoms with Crippen molar-refractivity contribution in [3.63, 3.8) is 0 Å². The van der Waals surface area contributed by atoms with Gasteiger partial charge >= 0.3 is 0 Å². The first kappa shape index (κ1) is 15.7. The maximum atomic E-state index is 14.3. The van der Waals surface area contributed by atoms with E-state index in [9.17, 15) is 4.39 Å². The van der Waals surface area contributed by atoms with Gasteiger partial charge in [-0.25, -0.2) is 4.39 Å². The van der Waals surface area contributed by atoms with Crippen LogP contribution >= 0.6 is 11.6 Å². The summed E-state index contributed by atoms with van der Waals surface area (Å²) in [5.74, 6) is 0.262. The molecule has 1 saturated heterocycles. The molecule has 0 amide bonds. The van der Waals surface area contributed by atoms with Crippen LogP contribution in [0.3, 0.4) is 0 Å². The lowest BCUT2D eigenvalue weighted by Gasteiger charge is -2.38. The maximum absolute atomic E-state index is 14.3. The van der Waals surface area contributed by atoms with E-state index >= 15 is 0 Å². The van der Waals surface area contributed by atoms with Gasteiger partial charge in [-0.05, 0) is 24.5 Å². The Bertz CT molecular complexity index is 432. The van der Waals surface area contributed by atoms with Gasteiger partial charge in [0.05, 0.1) is 0 Å². The first-order valence-corrected chi connectivity index (χ1v) is 7.91. The number of rotatable bonds is 5. The Balaban J connectivity index is 2.28. The molecule has 112 valence electrons. The number of hydrogen-bond donors (Lipinski definition) is 1. The van der Waals surface area contributed by atoms with E-state index in [-0.39, 0.29) is 11.9 Å². The average molecular weight is 299 g/mol. The molecule has 1 unspecified atom stereocenters. The van der Waals surface area contributed by atoms with Crippen LogP contribution in [0, 0.1) is 11.7 Å². The third-order valence-corrected chi connectivity index (χ3v) is 4.34. The second-order valence-electron chi connectivity index (χ2n) is 5.66. The van der Waals surface area contributed by atoms with E-state index in [1.165, 1.54) is 6.07 Å². The Kier molecular flexibility index (Phi) is 5.82. The molecule has 0 aliphatic carbocycles. The second-order valence-corrected chi connectivity index (χ2v) is 6.10. The van der Waals surface area contributed by atoms with Gasteiger partial charge in [-0.2, -0.15) is 0 Å². The molecule has 2 atom stereocenters. The molecule has 2 nitrogen and oxygen atoms in total. The fourth-order valence-electron chi connectivity index (χ4n) is 3.18. The molecule has 0 bridgehead atoms. The van der Waals surface area contributed by atoms with Crippen LogP contribution < -0.4 is 5.32 Å². The quantitative estimate of drug-likeness (QED) is 0.888. The van der Waals surface area contributed by atoms with Crippen LogP contribution in [0.5, 0.6) is 0 Å². The molecule has 2 rings (SSSR count). The molecule has 1 aliphatic heterocycles. The topological polar surface area (TPSA) is 15.3 Å². The Morgan fingerprint density at radius 2 is 2.05 bits per heavy atom. The number of nitrogens with one attached hydrogen (secondary N) is 1. The van der Waals surface area contributed by atoms with Crippen molar-refractivity contribution in [3.8, 4) is 0 Å². The minimum Gasteiger partial charge on any atom is -0.314 e. The third kappa shape index (κ3) is 3.72. The highest BCUT2D eigenvalue weighted by atomic mass is 35.5. The molecule has 0 spiro atoms. The molecule has 1 N–H and O–H groups in total. The number of nitrogens with zero attached hydrogens (tertiary/aromatic N) is 1. The zero-order valence-electron chi connectivity index (χ0n) is 12.3. The largest absolute Gasteiger partial charge is 0.314 e. The van der Waals surface area contributed by atoms with Crippen molar-refractivity contribution in [2.75, 3.05) is 26.2 Å². The monoisotopic (exact) mass is 298 g/mol. The Hall–Kier alpha value is -0.640. The summed E-state index contributed by atoms with van der Waals surface area (Å²) in [6, 6.07) is 5.24. The summed E-state index contributed by atoms with van der Waals surface area (Å²) in [4.78, 5) is 2.41. The zero-order chi connectivity index (χ0) is 14.5. The highest BCUT2D eigenvalue weighted by molar-refractivity contribution is 6.30. The van der Waals surface area contributed by atoms with Gasteiger partial charge in [0, 0.05) is 42.8 Å². The van der Waals surface area contributed by atoms with Crippen molar-refractivity contribution in [1.29, 1.82) is 0 Å². The van der Waals surface area contributed by atoms with Crippen LogP contribution in [-0.4, -0.2) is 31.1 Å².